The van der Waals surface area contributed by atoms with Gasteiger partial charge in [0.1, 0.15) is 5.75 Å². The minimum Gasteiger partial charge on any atom is -0.496 e. The fourth-order valence-electron chi connectivity index (χ4n) is 2.51. The van der Waals surface area contributed by atoms with Crippen molar-refractivity contribution in [3.05, 3.63) is 29.8 Å². The molecule has 1 aliphatic heterocycles. The Morgan fingerprint density at radius 2 is 2.26 bits per heavy atom. The molecule has 2 N–H and O–H groups in total. The van der Waals surface area contributed by atoms with Crippen molar-refractivity contribution in [1.82, 2.24) is 10.6 Å². The van der Waals surface area contributed by atoms with Crippen molar-refractivity contribution < 1.29 is 9.53 Å². The molecule has 0 spiro atoms. The topological polar surface area (TPSA) is 50.4 Å². The number of amides is 1. The van der Waals surface area contributed by atoms with Gasteiger partial charge in [0.2, 0.25) is 5.91 Å². The fraction of sp³-hybridized carbons (Fsp3) is 0.533. The molecule has 1 heterocycles. The van der Waals surface area contributed by atoms with Crippen LogP contribution in [0.2, 0.25) is 0 Å². The molecule has 0 unspecified atom stereocenters. The summed E-state index contributed by atoms with van der Waals surface area (Å²) < 4.78 is 5.33. The van der Waals surface area contributed by atoms with E-state index < -0.39 is 0 Å². The van der Waals surface area contributed by atoms with Crippen molar-refractivity contribution in [2.24, 2.45) is 5.92 Å². The smallest absolute Gasteiger partial charge is 0.224 e. The molecule has 0 saturated carbocycles. The summed E-state index contributed by atoms with van der Waals surface area (Å²) in [6, 6.07) is 7.76. The molecule has 1 saturated heterocycles. The van der Waals surface area contributed by atoms with Gasteiger partial charge in [-0.1, -0.05) is 18.2 Å². The van der Waals surface area contributed by atoms with Crippen LogP contribution in [0.25, 0.3) is 0 Å². The molecular weight excluding hydrogens is 240 g/mol. The Morgan fingerprint density at radius 3 is 2.95 bits per heavy atom. The van der Waals surface area contributed by atoms with Gasteiger partial charge in [-0.2, -0.15) is 0 Å². The molecule has 19 heavy (non-hydrogen) atoms. The Labute approximate surface area is 114 Å². The van der Waals surface area contributed by atoms with E-state index in [9.17, 15) is 4.79 Å². The van der Waals surface area contributed by atoms with Crippen LogP contribution in [-0.2, 0) is 4.79 Å². The summed E-state index contributed by atoms with van der Waals surface area (Å²) in [6.45, 7) is 3.79. The number of piperidine rings is 1. The number of hydrogen-bond acceptors (Lipinski definition) is 3. The van der Waals surface area contributed by atoms with E-state index in [1.807, 2.05) is 31.2 Å². The van der Waals surface area contributed by atoms with Crippen LogP contribution in [0.15, 0.2) is 24.3 Å². The summed E-state index contributed by atoms with van der Waals surface area (Å²) >= 11 is 0. The van der Waals surface area contributed by atoms with Gasteiger partial charge in [0.05, 0.1) is 19.1 Å². The predicted octanol–water partition coefficient (Wildman–Crippen LogP) is 1.87. The number of carbonyl (C=O) groups excluding carboxylic acids is 1. The van der Waals surface area contributed by atoms with E-state index in [0.29, 0.717) is 0 Å². The first kappa shape index (κ1) is 13.9. The van der Waals surface area contributed by atoms with Gasteiger partial charge in [-0.25, -0.2) is 0 Å². The molecule has 0 radical (unpaired) electrons. The maximum atomic E-state index is 12.2. The van der Waals surface area contributed by atoms with Gasteiger partial charge in [-0.3, -0.25) is 4.79 Å². The van der Waals surface area contributed by atoms with E-state index in [4.69, 9.17) is 4.74 Å². The van der Waals surface area contributed by atoms with Crippen LogP contribution in [0.4, 0.5) is 0 Å². The number of hydrogen-bond donors (Lipinski definition) is 2. The van der Waals surface area contributed by atoms with E-state index in [1.165, 1.54) is 0 Å². The average molecular weight is 262 g/mol. The highest BCUT2D eigenvalue weighted by molar-refractivity contribution is 5.79. The lowest BCUT2D eigenvalue weighted by atomic mass is 9.98. The maximum Gasteiger partial charge on any atom is 0.224 e. The molecule has 1 aromatic carbocycles. The second-order valence-electron chi connectivity index (χ2n) is 5.02. The van der Waals surface area contributed by atoms with E-state index in [0.717, 1.165) is 37.2 Å². The number of para-hydroxylation sites is 1. The summed E-state index contributed by atoms with van der Waals surface area (Å²) in [6.07, 6.45) is 2.04. The van der Waals surface area contributed by atoms with E-state index in [-0.39, 0.29) is 17.9 Å². The summed E-state index contributed by atoms with van der Waals surface area (Å²) in [7, 11) is 1.65. The van der Waals surface area contributed by atoms with Gasteiger partial charge in [0.25, 0.3) is 0 Å². The zero-order valence-electron chi connectivity index (χ0n) is 11.6. The summed E-state index contributed by atoms with van der Waals surface area (Å²) in [5.74, 6) is 1.04. The number of ether oxygens (including phenoxy) is 1. The highest BCUT2D eigenvalue weighted by Gasteiger charge is 2.23. The quantitative estimate of drug-likeness (QED) is 0.871. The van der Waals surface area contributed by atoms with E-state index in [2.05, 4.69) is 10.6 Å². The SMILES string of the molecule is COc1ccccc1[C@H](C)NC(=O)[C@H]1CCCNC1. The monoisotopic (exact) mass is 262 g/mol. The molecule has 2 rings (SSSR count). The normalized spacial score (nSPS) is 20.6. The molecule has 104 valence electrons. The van der Waals surface area contributed by atoms with Crippen molar-refractivity contribution in [2.45, 2.75) is 25.8 Å². The van der Waals surface area contributed by atoms with Crippen molar-refractivity contribution in [3.8, 4) is 5.75 Å². The highest BCUT2D eigenvalue weighted by atomic mass is 16.5. The fourth-order valence-corrected chi connectivity index (χ4v) is 2.51. The molecule has 1 aromatic rings. The molecule has 4 heteroatoms. The number of benzene rings is 1. The van der Waals surface area contributed by atoms with Gasteiger partial charge in [-0.15, -0.1) is 0 Å². The van der Waals surface area contributed by atoms with Gasteiger partial charge >= 0.3 is 0 Å². The molecular formula is C15H22N2O2. The first-order valence-electron chi connectivity index (χ1n) is 6.86. The minimum atomic E-state index is -0.0365. The third kappa shape index (κ3) is 3.47. The Hall–Kier alpha value is -1.55. The van der Waals surface area contributed by atoms with Crippen LogP contribution >= 0.6 is 0 Å². The van der Waals surface area contributed by atoms with Crippen LogP contribution in [0, 0.1) is 5.92 Å². The molecule has 1 aliphatic rings. The lowest BCUT2D eigenvalue weighted by Crippen LogP contribution is -2.41. The second-order valence-corrected chi connectivity index (χ2v) is 5.02. The second kappa shape index (κ2) is 6.57. The van der Waals surface area contributed by atoms with Crippen LogP contribution in [-0.4, -0.2) is 26.1 Å². The minimum absolute atomic E-state index is 0.0365. The lowest BCUT2D eigenvalue weighted by molar-refractivity contribution is -0.126. The van der Waals surface area contributed by atoms with Gasteiger partial charge in [-0.05, 0) is 32.4 Å². The molecule has 0 aromatic heterocycles. The van der Waals surface area contributed by atoms with E-state index in [1.54, 1.807) is 7.11 Å². The molecule has 0 bridgehead atoms. The Kier molecular flexibility index (Phi) is 4.80. The Balaban J connectivity index is 1.99. The van der Waals surface area contributed by atoms with Crippen LogP contribution in [0.5, 0.6) is 5.75 Å². The molecule has 0 aliphatic carbocycles. The molecule has 1 fully saturated rings. The van der Waals surface area contributed by atoms with Crippen LogP contribution < -0.4 is 15.4 Å². The maximum absolute atomic E-state index is 12.2. The zero-order chi connectivity index (χ0) is 13.7. The lowest BCUT2D eigenvalue weighted by Gasteiger charge is -2.24. The Bertz CT molecular complexity index is 428. The number of rotatable bonds is 4. The third-order valence-corrected chi connectivity index (χ3v) is 3.63. The summed E-state index contributed by atoms with van der Waals surface area (Å²) in [5.41, 5.74) is 1.02. The van der Waals surface area contributed by atoms with Gasteiger partial charge in [0, 0.05) is 12.1 Å². The van der Waals surface area contributed by atoms with Crippen molar-refractivity contribution >= 4 is 5.91 Å². The number of methoxy groups -OCH3 is 1. The van der Waals surface area contributed by atoms with Crippen LogP contribution in [0.3, 0.4) is 0 Å². The summed E-state index contributed by atoms with van der Waals surface area (Å²) in [4.78, 5) is 12.2. The van der Waals surface area contributed by atoms with Crippen molar-refractivity contribution in [2.75, 3.05) is 20.2 Å². The largest absolute Gasteiger partial charge is 0.496 e. The molecule has 4 nitrogen and oxygen atoms in total. The molecule has 1 amide bonds. The zero-order valence-corrected chi connectivity index (χ0v) is 11.6. The predicted molar refractivity (Wildman–Crippen MR) is 75.1 cm³/mol. The standard InChI is InChI=1S/C15H22N2O2/c1-11(13-7-3-4-8-14(13)19-2)17-15(18)12-6-5-9-16-10-12/h3-4,7-8,11-12,16H,5-6,9-10H2,1-2H3,(H,17,18)/t11-,12-/m0/s1. The van der Waals surface area contributed by atoms with E-state index >= 15 is 0 Å². The van der Waals surface area contributed by atoms with Gasteiger partial charge < -0.3 is 15.4 Å². The number of carbonyl (C=O) groups is 1. The van der Waals surface area contributed by atoms with Crippen LogP contribution in [0.1, 0.15) is 31.4 Å². The average Bonchev–Trinajstić information content (AvgIpc) is 2.48. The Morgan fingerprint density at radius 1 is 1.47 bits per heavy atom. The summed E-state index contributed by atoms with van der Waals surface area (Å²) in [5, 5.41) is 6.35. The third-order valence-electron chi connectivity index (χ3n) is 3.63. The molecule has 2 atom stereocenters. The number of nitrogens with one attached hydrogen (secondary N) is 2. The highest BCUT2D eigenvalue weighted by Crippen LogP contribution is 2.24. The van der Waals surface area contributed by atoms with Crippen molar-refractivity contribution in [1.29, 1.82) is 0 Å². The first-order valence-corrected chi connectivity index (χ1v) is 6.86. The van der Waals surface area contributed by atoms with Gasteiger partial charge in [0.15, 0.2) is 0 Å². The van der Waals surface area contributed by atoms with Crippen molar-refractivity contribution in [3.63, 3.8) is 0 Å². The first-order chi connectivity index (χ1) is 9.22.